The van der Waals surface area contributed by atoms with Crippen LogP contribution < -0.4 is 4.74 Å². The number of alkyl halides is 1. The highest BCUT2D eigenvalue weighted by molar-refractivity contribution is 9.10. The summed E-state index contributed by atoms with van der Waals surface area (Å²) in [6, 6.07) is 11.5. The molecule has 0 fully saturated rings. The predicted molar refractivity (Wildman–Crippen MR) is 115 cm³/mol. The van der Waals surface area contributed by atoms with Crippen LogP contribution in [0.25, 0.3) is 0 Å². The Morgan fingerprint density at radius 3 is 2.57 bits per heavy atom. The maximum atomic E-state index is 13.3. The van der Waals surface area contributed by atoms with E-state index in [0.29, 0.717) is 30.0 Å². The van der Waals surface area contributed by atoms with E-state index in [-0.39, 0.29) is 23.5 Å². The van der Waals surface area contributed by atoms with Crippen molar-refractivity contribution in [1.82, 2.24) is 0 Å². The molecule has 0 aromatic heterocycles. The topological polar surface area (TPSA) is 26.3 Å². The summed E-state index contributed by atoms with van der Waals surface area (Å²) < 4.78 is 19.3. The van der Waals surface area contributed by atoms with E-state index in [1.807, 2.05) is 24.3 Å². The van der Waals surface area contributed by atoms with E-state index < -0.39 is 6.36 Å². The Bertz CT molecular complexity index is 866. The predicted octanol–water partition coefficient (Wildman–Crippen LogP) is 6.91. The van der Waals surface area contributed by atoms with E-state index in [2.05, 4.69) is 35.8 Å². The summed E-state index contributed by atoms with van der Waals surface area (Å²) in [4.78, 5) is 13.1. The number of rotatable bonds is 4. The fourth-order valence-corrected chi connectivity index (χ4v) is 4.62. The van der Waals surface area contributed by atoms with Crippen molar-refractivity contribution in [1.29, 1.82) is 0 Å². The lowest BCUT2D eigenvalue weighted by molar-refractivity contribution is -0.124. The first-order chi connectivity index (χ1) is 13.3. The highest BCUT2D eigenvalue weighted by atomic mass is 79.9. The van der Waals surface area contributed by atoms with Gasteiger partial charge in [0.1, 0.15) is 11.5 Å². The first kappa shape index (κ1) is 21.3. The normalized spacial score (nSPS) is 21.0. The summed E-state index contributed by atoms with van der Waals surface area (Å²) in [6.07, 6.45) is 0.466. The molecule has 0 saturated heterocycles. The lowest BCUT2D eigenvalue weighted by Gasteiger charge is -2.29. The first-order valence-electron chi connectivity index (χ1n) is 9.65. The number of fused-ring (bicyclic) bond motifs is 1. The van der Waals surface area contributed by atoms with Gasteiger partial charge >= 0.3 is 0 Å². The molecule has 0 saturated carbocycles. The number of carbonyl (C=O) groups is 1. The molecule has 28 heavy (non-hydrogen) atoms. The number of ether oxygens (including phenoxy) is 1. The largest absolute Gasteiger partial charge is 0.461 e. The van der Waals surface area contributed by atoms with Crippen molar-refractivity contribution in [2.45, 2.75) is 52.3 Å². The summed E-state index contributed by atoms with van der Waals surface area (Å²) in [5, 5.41) is 0.694. The minimum atomic E-state index is -1.38. The van der Waals surface area contributed by atoms with Crippen LogP contribution in [0.5, 0.6) is 5.75 Å². The van der Waals surface area contributed by atoms with Gasteiger partial charge in [-0.2, -0.15) is 0 Å². The van der Waals surface area contributed by atoms with E-state index in [1.54, 1.807) is 6.07 Å². The third-order valence-corrected chi connectivity index (χ3v) is 6.80. The van der Waals surface area contributed by atoms with E-state index in [9.17, 15) is 9.18 Å². The highest BCUT2D eigenvalue weighted by Gasteiger charge is 2.31. The van der Waals surface area contributed by atoms with Crippen LogP contribution in [0, 0.1) is 11.8 Å². The lowest BCUT2D eigenvalue weighted by Crippen LogP contribution is -2.28. The van der Waals surface area contributed by atoms with Crippen molar-refractivity contribution in [2.24, 2.45) is 11.8 Å². The zero-order chi connectivity index (χ0) is 20.4. The molecule has 3 unspecified atom stereocenters. The molecule has 0 aliphatic heterocycles. The van der Waals surface area contributed by atoms with Crippen LogP contribution in [0.4, 0.5) is 4.39 Å². The highest BCUT2D eigenvalue weighted by Crippen LogP contribution is 2.39. The number of halogens is 3. The SMILES string of the molecule is CC(F)Oc1cccc(C2CC(=O)C(C(C)C)Cc3c(ccc(Br)c3Cl)C2)c1. The van der Waals surface area contributed by atoms with E-state index in [1.165, 1.54) is 12.5 Å². The molecule has 0 heterocycles. The smallest absolute Gasteiger partial charge is 0.235 e. The van der Waals surface area contributed by atoms with Crippen LogP contribution >= 0.6 is 27.5 Å². The van der Waals surface area contributed by atoms with E-state index in [0.717, 1.165) is 15.6 Å². The van der Waals surface area contributed by atoms with Gasteiger partial charge in [0, 0.05) is 23.7 Å². The van der Waals surface area contributed by atoms with Crippen molar-refractivity contribution in [3.05, 3.63) is 62.6 Å². The van der Waals surface area contributed by atoms with Crippen LogP contribution in [0.15, 0.2) is 40.9 Å². The zero-order valence-corrected chi connectivity index (χ0v) is 18.7. The number of ketones is 1. The van der Waals surface area contributed by atoms with Crippen LogP contribution in [0.1, 0.15) is 49.8 Å². The molecule has 0 spiro atoms. The summed E-state index contributed by atoms with van der Waals surface area (Å²) in [5.41, 5.74) is 3.21. The van der Waals surface area contributed by atoms with Crippen molar-refractivity contribution >= 4 is 33.3 Å². The molecule has 1 aliphatic carbocycles. The number of hydrogen-bond acceptors (Lipinski definition) is 2. The molecule has 5 heteroatoms. The Morgan fingerprint density at radius 1 is 1.14 bits per heavy atom. The second kappa shape index (κ2) is 8.96. The van der Waals surface area contributed by atoms with E-state index in [4.69, 9.17) is 16.3 Å². The molecule has 2 aromatic rings. The van der Waals surface area contributed by atoms with Gasteiger partial charge in [0.05, 0.1) is 5.02 Å². The number of Topliss-reactive ketones (excluding diaryl/α,β-unsaturated/α-hetero) is 1. The molecular formula is C23H25BrClFO2. The van der Waals surface area contributed by atoms with E-state index >= 15 is 0 Å². The Hall–Kier alpha value is -1.39. The molecule has 3 atom stereocenters. The average molecular weight is 468 g/mol. The van der Waals surface area contributed by atoms with Crippen molar-refractivity contribution < 1.29 is 13.9 Å². The van der Waals surface area contributed by atoms with Gasteiger partial charge in [-0.15, -0.1) is 0 Å². The van der Waals surface area contributed by atoms with Gasteiger partial charge in [0.15, 0.2) is 0 Å². The minimum Gasteiger partial charge on any atom is -0.461 e. The lowest BCUT2D eigenvalue weighted by atomic mass is 9.75. The summed E-state index contributed by atoms with van der Waals surface area (Å²) in [5.74, 6) is 0.904. The van der Waals surface area contributed by atoms with Gasteiger partial charge in [-0.25, -0.2) is 4.39 Å². The van der Waals surface area contributed by atoms with Crippen LogP contribution in [-0.4, -0.2) is 12.1 Å². The number of benzene rings is 2. The fourth-order valence-electron chi connectivity index (χ4n) is 3.98. The monoisotopic (exact) mass is 466 g/mol. The van der Waals surface area contributed by atoms with Gasteiger partial charge in [-0.05, 0) is 75.5 Å². The first-order valence-corrected chi connectivity index (χ1v) is 10.8. The molecule has 0 radical (unpaired) electrons. The maximum absolute atomic E-state index is 13.3. The molecule has 1 aliphatic rings. The second-order valence-corrected chi connectivity index (χ2v) is 9.09. The molecule has 0 N–H and O–H groups in total. The molecular weight excluding hydrogens is 443 g/mol. The Kier molecular flexibility index (Phi) is 6.82. The maximum Gasteiger partial charge on any atom is 0.235 e. The second-order valence-electron chi connectivity index (χ2n) is 7.86. The Morgan fingerprint density at radius 2 is 1.89 bits per heavy atom. The van der Waals surface area contributed by atoms with Gasteiger partial charge in [-0.3, -0.25) is 4.79 Å². The quantitative estimate of drug-likeness (QED) is 0.488. The molecule has 0 amide bonds. The van der Waals surface area contributed by atoms with Crippen molar-refractivity contribution in [3.63, 3.8) is 0 Å². The summed E-state index contributed by atoms with van der Waals surface area (Å²) in [6.45, 7) is 5.53. The average Bonchev–Trinajstić information content (AvgIpc) is 2.61. The van der Waals surface area contributed by atoms with Crippen molar-refractivity contribution in [3.8, 4) is 5.75 Å². The third kappa shape index (κ3) is 4.77. The van der Waals surface area contributed by atoms with Crippen LogP contribution in [0.3, 0.4) is 0 Å². The Balaban J connectivity index is 2.03. The van der Waals surface area contributed by atoms with Crippen LogP contribution in [-0.2, 0) is 17.6 Å². The molecule has 2 nitrogen and oxygen atoms in total. The minimum absolute atomic E-state index is 0.00325. The number of hydrogen-bond donors (Lipinski definition) is 0. The Labute approximate surface area is 179 Å². The van der Waals surface area contributed by atoms with Gasteiger partial charge in [-0.1, -0.05) is 43.6 Å². The molecule has 2 aromatic carbocycles. The standard InChI is InChI=1S/C23H25BrClFO2/c1-13(2)19-12-20-16(7-8-21(24)23(20)25)9-17(11-22(19)27)15-5-4-6-18(10-15)28-14(3)26/h4-8,10,13-14,17,19H,9,11-12H2,1-3H3. The van der Waals surface area contributed by atoms with Crippen LogP contribution in [0.2, 0.25) is 5.02 Å². The number of carbonyl (C=O) groups excluding carboxylic acids is 1. The van der Waals surface area contributed by atoms with Gasteiger partial charge in [0.25, 0.3) is 0 Å². The molecule has 150 valence electrons. The zero-order valence-electron chi connectivity index (χ0n) is 16.3. The summed E-state index contributed by atoms with van der Waals surface area (Å²) >= 11 is 10.1. The molecule has 0 bridgehead atoms. The van der Waals surface area contributed by atoms with Gasteiger partial charge in [0.2, 0.25) is 6.36 Å². The molecule has 3 rings (SSSR count). The summed E-state index contributed by atoms with van der Waals surface area (Å²) in [7, 11) is 0. The third-order valence-electron chi connectivity index (χ3n) is 5.48. The van der Waals surface area contributed by atoms with Gasteiger partial charge < -0.3 is 4.74 Å². The van der Waals surface area contributed by atoms with Crippen molar-refractivity contribution in [2.75, 3.05) is 0 Å². The fraction of sp³-hybridized carbons (Fsp3) is 0.435.